The minimum atomic E-state index is -3.59. The van der Waals surface area contributed by atoms with Crippen molar-refractivity contribution in [2.75, 3.05) is 25.0 Å². The van der Waals surface area contributed by atoms with Crippen LogP contribution in [-0.2, 0) is 19.6 Å². The van der Waals surface area contributed by atoms with E-state index in [1.54, 1.807) is 36.4 Å². The van der Waals surface area contributed by atoms with Gasteiger partial charge in [0.05, 0.1) is 11.5 Å². The highest BCUT2D eigenvalue weighted by Crippen LogP contribution is 2.25. The van der Waals surface area contributed by atoms with Crippen LogP contribution in [-0.4, -0.2) is 50.3 Å². The molecule has 1 aliphatic rings. The summed E-state index contributed by atoms with van der Waals surface area (Å²) in [5.74, 6) is -0.236. The number of aryl methyl sites for hydroxylation is 1. The fourth-order valence-electron chi connectivity index (χ4n) is 4.21. The highest BCUT2D eigenvalue weighted by atomic mass is 32.2. The highest BCUT2D eigenvalue weighted by molar-refractivity contribution is 7.89. The van der Waals surface area contributed by atoms with Crippen LogP contribution in [0.4, 0.5) is 5.69 Å². The van der Waals surface area contributed by atoms with E-state index in [0.717, 1.165) is 24.2 Å². The lowest BCUT2D eigenvalue weighted by atomic mass is 9.95. The molecule has 1 aliphatic heterocycles. The predicted octanol–water partition coefficient (Wildman–Crippen LogP) is 4.35. The van der Waals surface area contributed by atoms with Crippen molar-refractivity contribution in [2.45, 2.75) is 64.3 Å². The maximum Gasteiger partial charge on any atom is 0.247 e. The maximum absolute atomic E-state index is 13.0. The Morgan fingerprint density at radius 3 is 2.22 bits per heavy atom. The molecular weight excluding hydrogens is 490 g/mol. The maximum atomic E-state index is 13.0. The van der Waals surface area contributed by atoms with E-state index >= 15 is 0 Å². The summed E-state index contributed by atoms with van der Waals surface area (Å²) in [5.41, 5.74) is 1.62. The first-order chi connectivity index (χ1) is 17.6. The third kappa shape index (κ3) is 7.79. The van der Waals surface area contributed by atoms with Crippen molar-refractivity contribution in [3.05, 3.63) is 54.1 Å². The van der Waals surface area contributed by atoms with Crippen molar-refractivity contribution in [1.29, 1.82) is 0 Å². The second-order valence-electron chi connectivity index (χ2n) is 9.94. The molecule has 1 fully saturated rings. The largest absolute Gasteiger partial charge is 0.494 e. The first-order valence-corrected chi connectivity index (χ1v) is 14.5. The summed E-state index contributed by atoms with van der Waals surface area (Å²) in [4.78, 5) is 26.3. The Kier molecular flexibility index (Phi) is 10.1. The fourth-order valence-corrected chi connectivity index (χ4v) is 5.68. The van der Waals surface area contributed by atoms with E-state index in [1.165, 1.54) is 4.31 Å². The molecule has 0 saturated carbocycles. The molecule has 2 aromatic carbocycles. The lowest BCUT2D eigenvalue weighted by molar-refractivity contribution is -0.130. The number of anilines is 1. The molecule has 1 unspecified atom stereocenters. The van der Waals surface area contributed by atoms with E-state index in [9.17, 15) is 18.0 Å². The molecule has 2 N–H and O–H groups in total. The molecule has 37 heavy (non-hydrogen) atoms. The summed E-state index contributed by atoms with van der Waals surface area (Å²) in [7, 11) is -3.59. The van der Waals surface area contributed by atoms with Crippen molar-refractivity contribution in [3.63, 3.8) is 0 Å². The molecule has 1 atom stereocenters. The van der Waals surface area contributed by atoms with Gasteiger partial charge < -0.3 is 15.4 Å². The van der Waals surface area contributed by atoms with Crippen molar-refractivity contribution >= 4 is 27.5 Å². The van der Waals surface area contributed by atoms with E-state index < -0.39 is 16.1 Å². The van der Waals surface area contributed by atoms with Gasteiger partial charge in [0.15, 0.2) is 0 Å². The number of nitrogens with zero attached hydrogens (tertiary/aromatic N) is 1. The number of piperidine rings is 1. The smallest absolute Gasteiger partial charge is 0.247 e. The normalized spacial score (nSPS) is 15.8. The van der Waals surface area contributed by atoms with Gasteiger partial charge in [0.1, 0.15) is 11.8 Å². The topological polar surface area (TPSA) is 105 Å². The average molecular weight is 530 g/mol. The number of sulfonamides is 1. The highest BCUT2D eigenvalue weighted by Gasteiger charge is 2.34. The Hall–Kier alpha value is -2.91. The van der Waals surface area contributed by atoms with Crippen molar-refractivity contribution in [2.24, 2.45) is 11.8 Å². The Balaban J connectivity index is 1.54. The zero-order valence-electron chi connectivity index (χ0n) is 22.2. The van der Waals surface area contributed by atoms with Crippen LogP contribution < -0.4 is 15.4 Å². The third-order valence-corrected chi connectivity index (χ3v) is 8.53. The van der Waals surface area contributed by atoms with Gasteiger partial charge in [-0.3, -0.25) is 9.59 Å². The number of carbonyl (C=O) groups excluding carboxylic acids is 2. The van der Waals surface area contributed by atoms with Gasteiger partial charge in [0.25, 0.3) is 0 Å². The molecule has 2 amide bonds. The van der Waals surface area contributed by atoms with E-state index in [2.05, 4.69) is 17.6 Å². The molecule has 202 valence electrons. The summed E-state index contributed by atoms with van der Waals surface area (Å²) >= 11 is 0. The van der Waals surface area contributed by atoms with Crippen molar-refractivity contribution in [3.8, 4) is 5.75 Å². The van der Waals surface area contributed by atoms with E-state index in [-0.39, 0.29) is 41.6 Å². The second-order valence-corrected chi connectivity index (χ2v) is 11.9. The summed E-state index contributed by atoms with van der Waals surface area (Å²) < 4.78 is 33.0. The number of benzene rings is 2. The first-order valence-electron chi connectivity index (χ1n) is 13.0. The number of rotatable bonds is 11. The van der Waals surface area contributed by atoms with Crippen LogP contribution >= 0.6 is 0 Å². The van der Waals surface area contributed by atoms with Crippen LogP contribution in [0, 0.1) is 18.8 Å². The molecule has 8 nitrogen and oxygen atoms in total. The first kappa shape index (κ1) is 28.7. The summed E-state index contributed by atoms with van der Waals surface area (Å²) in [5, 5.41) is 5.78. The third-order valence-electron chi connectivity index (χ3n) is 6.62. The number of hydrogen-bond acceptors (Lipinski definition) is 5. The zero-order valence-corrected chi connectivity index (χ0v) is 23.0. The minimum absolute atomic E-state index is 0.123. The van der Waals surface area contributed by atoms with E-state index in [1.807, 2.05) is 32.9 Å². The molecule has 0 aromatic heterocycles. The van der Waals surface area contributed by atoms with Gasteiger partial charge in [-0.15, -0.1) is 0 Å². The van der Waals surface area contributed by atoms with Gasteiger partial charge in [0, 0.05) is 24.7 Å². The molecule has 0 spiro atoms. The van der Waals surface area contributed by atoms with Crippen molar-refractivity contribution in [1.82, 2.24) is 9.62 Å². The molecule has 2 aromatic rings. The number of hydrogen-bond donors (Lipinski definition) is 2. The zero-order chi connectivity index (χ0) is 27.0. The Morgan fingerprint density at radius 1 is 1.03 bits per heavy atom. The van der Waals surface area contributed by atoms with Crippen LogP contribution in [0.5, 0.6) is 5.75 Å². The summed E-state index contributed by atoms with van der Waals surface area (Å²) in [6.07, 6.45) is 2.85. The quantitative estimate of drug-likeness (QED) is 0.421. The number of unbranched alkanes of at least 4 members (excludes halogenated alkanes) is 1. The lowest BCUT2D eigenvalue weighted by Gasteiger charge is -2.32. The van der Waals surface area contributed by atoms with Crippen LogP contribution in [0.25, 0.3) is 0 Å². The van der Waals surface area contributed by atoms with Gasteiger partial charge in [0.2, 0.25) is 21.8 Å². The van der Waals surface area contributed by atoms with Crippen LogP contribution in [0.3, 0.4) is 0 Å². The molecular formula is C28H39N3O5S. The van der Waals surface area contributed by atoms with Crippen molar-refractivity contribution < 1.29 is 22.7 Å². The molecule has 1 heterocycles. The van der Waals surface area contributed by atoms with Gasteiger partial charge >= 0.3 is 0 Å². The number of ether oxygens (including phenoxy) is 1. The van der Waals surface area contributed by atoms with E-state index in [0.29, 0.717) is 25.1 Å². The minimum Gasteiger partial charge on any atom is -0.494 e. The SMILES string of the molecule is CCCCOc1ccc(NC(=O)C(NC(=O)C2CCN(S(=O)(=O)c3ccc(C)cc3)CC2)C(C)C)cc1. The van der Waals surface area contributed by atoms with Gasteiger partial charge in [-0.1, -0.05) is 44.9 Å². The standard InChI is InChI=1S/C28H39N3O5S/c1-5-6-19-36-24-11-9-23(10-12-24)29-28(33)26(20(2)3)30-27(32)22-15-17-31(18-16-22)37(34,35)25-13-7-21(4)8-14-25/h7-14,20,22,26H,5-6,15-19H2,1-4H3,(H,29,33)(H,30,32). The van der Waals surface area contributed by atoms with Gasteiger partial charge in [-0.2, -0.15) is 4.31 Å². The van der Waals surface area contributed by atoms with Crippen LogP contribution in [0.15, 0.2) is 53.4 Å². The van der Waals surface area contributed by atoms with Crippen LogP contribution in [0.2, 0.25) is 0 Å². The average Bonchev–Trinajstić information content (AvgIpc) is 2.88. The van der Waals surface area contributed by atoms with Gasteiger partial charge in [-0.25, -0.2) is 8.42 Å². The number of nitrogens with one attached hydrogen (secondary N) is 2. The second kappa shape index (κ2) is 13.1. The Labute approximate surface area is 220 Å². The van der Waals surface area contributed by atoms with Crippen LogP contribution in [0.1, 0.15) is 52.0 Å². The Bertz CT molecular complexity index is 1140. The predicted molar refractivity (Wildman–Crippen MR) is 145 cm³/mol. The Morgan fingerprint density at radius 2 is 1.65 bits per heavy atom. The summed E-state index contributed by atoms with van der Waals surface area (Å²) in [6.45, 7) is 8.95. The molecule has 0 radical (unpaired) electrons. The molecule has 9 heteroatoms. The molecule has 3 rings (SSSR count). The lowest BCUT2D eigenvalue weighted by Crippen LogP contribution is -2.50. The van der Waals surface area contributed by atoms with E-state index in [4.69, 9.17) is 4.74 Å². The fraction of sp³-hybridized carbons (Fsp3) is 0.500. The molecule has 1 saturated heterocycles. The molecule has 0 aliphatic carbocycles. The summed E-state index contributed by atoms with van der Waals surface area (Å²) in [6, 6.07) is 13.3. The number of carbonyl (C=O) groups is 2. The monoisotopic (exact) mass is 529 g/mol. The van der Waals surface area contributed by atoms with Gasteiger partial charge in [-0.05, 0) is 68.5 Å². The number of amides is 2. The molecule has 0 bridgehead atoms.